The molecule has 1 saturated heterocycles. The monoisotopic (exact) mass is 527 g/mol. The van der Waals surface area contributed by atoms with Crippen LogP contribution in [-0.2, 0) is 6.54 Å². The lowest BCUT2D eigenvalue weighted by Crippen LogP contribution is -2.46. The fourth-order valence-electron chi connectivity index (χ4n) is 4.47. The van der Waals surface area contributed by atoms with Crippen LogP contribution in [0, 0.1) is 0 Å². The third-order valence-corrected chi connectivity index (χ3v) is 6.24. The van der Waals surface area contributed by atoms with Crippen LogP contribution in [0.5, 0.6) is 11.5 Å². The minimum Gasteiger partial charge on any atom is -0.508 e. The molecular weight excluding hydrogens is 495 g/mol. The molecule has 0 bridgehead atoms. The maximum Gasteiger partial charge on any atom is 0.405 e. The fourth-order valence-corrected chi connectivity index (χ4v) is 4.47. The number of nitrogens with one attached hydrogen (secondary N) is 1. The lowest BCUT2D eigenvalue weighted by Gasteiger charge is -2.36. The van der Waals surface area contributed by atoms with Gasteiger partial charge in [-0.2, -0.15) is 13.2 Å². The summed E-state index contributed by atoms with van der Waals surface area (Å²) in [5.41, 5.74) is 4.13. The first-order chi connectivity index (χ1) is 18.1. The number of ether oxygens (including phenoxy) is 1. The van der Waals surface area contributed by atoms with Crippen LogP contribution in [-0.4, -0.2) is 60.9 Å². The maximum atomic E-state index is 12.3. The summed E-state index contributed by atoms with van der Waals surface area (Å²) in [5.74, 6) is 0.256. The molecule has 9 heteroatoms. The summed E-state index contributed by atoms with van der Waals surface area (Å²) in [6.07, 6.45) is -4.41. The number of hydrogen-bond donors (Lipinski definition) is 2. The van der Waals surface area contributed by atoms with Crippen molar-refractivity contribution >= 4 is 11.6 Å². The van der Waals surface area contributed by atoms with Gasteiger partial charge < -0.3 is 20.1 Å². The number of piperazine rings is 1. The summed E-state index contributed by atoms with van der Waals surface area (Å²) in [5, 5.41) is 11.8. The Bertz CT molecular complexity index is 1240. The molecule has 1 aliphatic rings. The minimum atomic E-state index is -4.44. The molecule has 1 fully saturated rings. The van der Waals surface area contributed by atoms with Crippen molar-refractivity contribution in [2.75, 3.05) is 37.6 Å². The number of anilines is 1. The molecule has 3 aromatic rings. The molecule has 38 heavy (non-hydrogen) atoms. The lowest BCUT2D eigenvalue weighted by molar-refractivity contribution is -0.123. The van der Waals surface area contributed by atoms with Crippen molar-refractivity contribution < 1.29 is 27.8 Å². The second-order valence-electron chi connectivity index (χ2n) is 9.69. The molecule has 0 unspecified atom stereocenters. The fraction of sp³-hybridized carbons (Fsp3) is 0.345. The van der Waals surface area contributed by atoms with Gasteiger partial charge in [-0.05, 0) is 85.1 Å². The summed E-state index contributed by atoms with van der Waals surface area (Å²) < 4.78 is 43.0. The normalized spacial score (nSPS) is 14.5. The number of halogens is 3. The molecule has 0 radical (unpaired) electrons. The number of alkyl halides is 3. The largest absolute Gasteiger partial charge is 0.508 e. The van der Waals surface area contributed by atoms with Gasteiger partial charge in [0.2, 0.25) is 0 Å². The number of aromatic hydroxyl groups is 1. The van der Waals surface area contributed by atoms with Crippen LogP contribution in [0.2, 0.25) is 0 Å². The molecule has 0 spiro atoms. The first kappa shape index (κ1) is 27.3. The summed E-state index contributed by atoms with van der Waals surface area (Å²) in [6, 6.07) is 20.0. The second kappa shape index (κ2) is 11.8. The number of carbonyl (C=O) groups excluding carboxylic acids is 1. The highest BCUT2D eigenvalue weighted by molar-refractivity contribution is 5.94. The molecule has 4 rings (SSSR count). The molecule has 0 aromatic heterocycles. The SMILES string of the molecule is CC(C)Oc1cc(CN2CCN(c3ccc(C(=O)NCC(F)(F)F)cc3)CC2)cc(-c2cccc(O)c2)c1. The Balaban J connectivity index is 1.38. The van der Waals surface area contributed by atoms with E-state index in [0.717, 1.165) is 60.9 Å². The van der Waals surface area contributed by atoms with Gasteiger partial charge in [-0.3, -0.25) is 9.69 Å². The average Bonchev–Trinajstić information content (AvgIpc) is 2.87. The number of rotatable bonds is 8. The molecule has 2 N–H and O–H groups in total. The van der Waals surface area contributed by atoms with E-state index in [1.54, 1.807) is 36.4 Å². The standard InChI is InChI=1S/C29H32F3N3O3/c1-20(2)38-27-15-21(14-24(17-27)23-4-3-5-26(36)16-23)18-34-10-12-35(13-11-34)25-8-6-22(7-9-25)28(37)33-19-29(30,31)32/h3-9,14-17,20,36H,10-13,18-19H2,1-2H3,(H,33,37). The van der Waals surface area contributed by atoms with E-state index >= 15 is 0 Å². The van der Waals surface area contributed by atoms with E-state index in [0.29, 0.717) is 0 Å². The van der Waals surface area contributed by atoms with Crippen molar-refractivity contribution in [1.82, 2.24) is 10.2 Å². The number of amides is 1. The van der Waals surface area contributed by atoms with Crippen molar-refractivity contribution in [3.63, 3.8) is 0 Å². The van der Waals surface area contributed by atoms with Gasteiger partial charge in [0.05, 0.1) is 6.10 Å². The number of nitrogens with zero attached hydrogens (tertiary/aromatic N) is 2. The Morgan fingerprint density at radius 2 is 1.68 bits per heavy atom. The van der Waals surface area contributed by atoms with Crippen LogP contribution in [0.25, 0.3) is 11.1 Å². The summed E-state index contributed by atoms with van der Waals surface area (Å²) >= 11 is 0. The Hall–Kier alpha value is -3.72. The van der Waals surface area contributed by atoms with Crippen molar-refractivity contribution in [3.8, 4) is 22.6 Å². The molecule has 1 amide bonds. The molecule has 0 saturated carbocycles. The molecule has 1 heterocycles. The number of phenols is 1. The summed E-state index contributed by atoms with van der Waals surface area (Å²) in [7, 11) is 0. The summed E-state index contributed by atoms with van der Waals surface area (Å²) in [6.45, 7) is 6.57. The topological polar surface area (TPSA) is 65.0 Å². The van der Waals surface area contributed by atoms with Crippen molar-refractivity contribution in [1.29, 1.82) is 0 Å². The minimum absolute atomic E-state index is 0.0351. The second-order valence-corrected chi connectivity index (χ2v) is 9.69. The first-order valence-corrected chi connectivity index (χ1v) is 12.6. The van der Waals surface area contributed by atoms with Gasteiger partial charge in [-0.25, -0.2) is 0 Å². The zero-order valence-corrected chi connectivity index (χ0v) is 21.5. The zero-order valence-electron chi connectivity index (χ0n) is 21.5. The summed E-state index contributed by atoms with van der Waals surface area (Å²) in [4.78, 5) is 16.5. The van der Waals surface area contributed by atoms with Crippen LogP contribution in [0.1, 0.15) is 29.8 Å². The molecule has 202 valence electrons. The van der Waals surface area contributed by atoms with E-state index in [2.05, 4.69) is 21.9 Å². The predicted molar refractivity (Wildman–Crippen MR) is 142 cm³/mol. The molecular formula is C29H32F3N3O3. The van der Waals surface area contributed by atoms with E-state index in [9.17, 15) is 23.1 Å². The molecule has 3 aromatic carbocycles. The number of phenolic OH excluding ortho intramolecular Hbond substituents is 1. The van der Waals surface area contributed by atoms with Gasteiger partial charge >= 0.3 is 6.18 Å². The van der Waals surface area contributed by atoms with Crippen molar-refractivity contribution in [2.45, 2.75) is 32.7 Å². The van der Waals surface area contributed by atoms with Gasteiger partial charge in [0.15, 0.2) is 0 Å². The van der Waals surface area contributed by atoms with Gasteiger partial charge in [0.1, 0.15) is 18.0 Å². The van der Waals surface area contributed by atoms with Gasteiger partial charge in [0, 0.05) is 44.0 Å². The number of hydrogen-bond acceptors (Lipinski definition) is 5. The molecule has 1 aliphatic heterocycles. The average molecular weight is 528 g/mol. The molecule has 6 nitrogen and oxygen atoms in total. The lowest BCUT2D eigenvalue weighted by atomic mass is 10.0. The Morgan fingerprint density at radius 1 is 0.974 bits per heavy atom. The molecule has 0 atom stereocenters. The van der Waals surface area contributed by atoms with E-state index in [-0.39, 0.29) is 17.4 Å². The highest BCUT2D eigenvalue weighted by atomic mass is 19.4. The van der Waals surface area contributed by atoms with Gasteiger partial charge in [-0.15, -0.1) is 0 Å². The maximum absolute atomic E-state index is 12.3. The Labute approximate surface area is 220 Å². The van der Waals surface area contributed by atoms with Crippen LogP contribution >= 0.6 is 0 Å². The van der Waals surface area contributed by atoms with E-state index in [4.69, 9.17) is 4.74 Å². The van der Waals surface area contributed by atoms with Crippen molar-refractivity contribution in [3.05, 3.63) is 77.9 Å². The Morgan fingerprint density at radius 3 is 2.32 bits per heavy atom. The number of carbonyl (C=O) groups is 1. The zero-order chi connectivity index (χ0) is 27.3. The van der Waals surface area contributed by atoms with Crippen LogP contribution in [0.15, 0.2) is 66.7 Å². The predicted octanol–water partition coefficient (Wildman–Crippen LogP) is 5.46. The molecule has 0 aliphatic carbocycles. The Kier molecular flexibility index (Phi) is 8.46. The quantitative estimate of drug-likeness (QED) is 0.407. The number of benzene rings is 3. The smallest absolute Gasteiger partial charge is 0.405 e. The van der Waals surface area contributed by atoms with Crippen LogP contribution < -0.4 is 15.0 Å². The van der Waals surface area contributed by atoms with E-state index < -0.39 is 18.6 Å². The van der Waals surface area contributed by atoms with Crippen LogP contribution in [0.3, 0.4) is 0 Å². The van der Waals surface area contributed by atoms with Crippen LogP contribution in [0.4, 0.5) is 18.9 Å². The third-order valence-electron chi connectivity index (χ3n) is 6.24. The first-order valence-electron chi connectivity index (χ1n) is 12.6. The highest BCUT2D eigenvalue weighted by Crippen LogP contribution is 2.30. The van der Waals surface area contributed by atoms with E-state index in [1.807, 2.05) is 37.4 Å². The van der Waals surface area contributed by atoms with Crippen molar-refractivity contribution in [2.24, 2.45) is 0 Å². The third kappa shape index (κ3) is 7.64. The van der Waals surface area contributed by atoms with Gasteiger partial charge in [0.25, 0.3) is 5.91 Å². The van der Waals surface area contributed by atoms with E-state index in [1.165, 1.54) is 0 Å². The van der Waals surface area contributed by atoms with Gasteiger partial charge in [-0.1, -0.05) is 12.1 Å². The highest BCUT2D eigenvalue weighted by Gasteiger charge is 2.28.